The lowest BCUT2D eigenvalue weighted by molar-refractivity contribution is -0.137. The molecule has 0 saturated heterocycles. The minimum absolute atomic E-state index is 0.0149. The Morgan fingerprint density at radius 3 is 1.95 bits per heavy atom. The molecule has 0 aliphatic heterocycles. The number of allylic oxidation sites excluding steroid dienone is 5. The van der Waals surface area contributed by atoms with Crippen molar-refractivity contribution < 1.29 is 27.1 Å². The first-order valence-corrected chi connectivity index (χ1v) is 16.2. The van der Waals surface area contributed by atoms with Crippen LogP contribution in [0, 0.1) is 11.7 Å². The maximum Gasteiger partial charge on any atom is 0.416 e. The molecule has 0 bridgehead atoms. The van der Waals surface area contributed by atoms with E-state index in [0.717, 1.165) is 87.5 Å². The van der Waals surface area contributed by atoms with Crippen LogP contribution in [0.2, 0.25) is 0 Å². The molecule has 0 aliphatic rings. The van der Waals surface area contributed by atoms with Gasteiger partial charge in [0.25, 0.3) is 0 Å². The number of ether oxygens (including phenoxy) is 1. The van der Waals surface area contributed by atoms with Crippen molar-refractivity contribution in [1.82, 2.24) is 0 Å². The van der Waals surface area contributed by atoms with Gasteiger partial charge >= 0.3 is 6.18 Å². The van der Waals surface area contributed by atoms with Crippen LogP contribution in [0.3, 0.4) is 0 Å². The van der Waals surface area contributed by atoms with Gasteiger partial charge in [0.15, 0.2) is 5.78 Å². The van der Waals surface area contributed by atoms with E-state index in [1.54, 1.807) is 12.1 Å². The second-order valence-corrected chi connectivity index (χ2v) is 11.5. The lowest BCUT2D eigenvalue weighted by atomic mass is 9.89. The Morgan fingerprint density at radius 2 is 1.39 bits per heavy atom. The van der Waals surface area contributed by atoms with E-state index < -0.39 is 11.7 Å². The standard InChI is InChI=1S/C38H50F4O2/c1-5-12-31(15-10-9-14-29-20-25-34(39)26-21-29)28-37(43)32(7-3)22-27-35(8-4)44-36(13-6-2)17-11-16-30-18-23-33(24-19-30)38(40,41)42/h7-8,18-27,31,36H,5-6,9-17,28H2,1-4H3/b27-22-,32-7+,35-8-. The molecular formula is C38H50F4O2. The van der Waals surface area contributed by atoms with E-state index >= 15 is 0 Å². The van der Waals surface area contributed by atoms with Crippen LogP contribution >= 0.6 is 0 Å². The minimum atomic E-state index is -4.32. The fourth-order valence-corrected chi connectivity index (χ4v) is 5.45. The Kier molecular flexibility index (Phi) is 16.8. The zero-order valence-electron chi connectivity index (χ0n) is 26.9. The van der Waals surface area contributed by atoms with E-state index in [1.165, 1.54) is 12.1 Å². The van der Waals surface area contributed by atoms with Gasteiger partial charge < -0.3 is 4.74 Å². The van der Waals surface area contributed by atoms with Gasteiger partial charge in [0.05, 0.1) is 11.7 Å². The summed E-state index contributed by atoms with van der Waals surface area (Å²) in [5.41, 5.74) is 2.06. The second kappa shape index (κ2) is 20.0. The van der Waals surface area contributed by atoms with Gasteiger partial charge in [-0.05, 0) is 112 Å². The summed E-state index contributed by atoms with van der Waals surface area (Å²) in [6.45, 7) is 8.04. The number of hydrogen-bond acceptors (Lipinski definition) is 2. The van der Waals surface area contributed by atoms with Crippen LogP contribution in [0.25, 0.3) is 0 Å². The monoisotopic (exact) mass is 614 g/mol. The molecule has 0 saturated carbocycles. The van der Waals surface area contributed by atoms with Gasteiger partial charge in [-0.15, -0.1) is 0 Å². The Balaban J connectivity index is 1.87. The lowest BCUT2D eigenvalue weighted by Gasteiger charge is -2.19. The topological polar surface area (TPSA) is 26.3 Å². The Hall–Kier alpha value is -3.15. The van der Waals surface area contributed by atoms with E-state index in [0.29, 0.717) is 30.1 Å². The molecule has 2 unspecified atom stereocenters. The molecule has 0 amide bonds. The molecular weight excluding hydrogens is 564 g/mol. The molecule has 0 spiro atoms. The summed E-state index contributed by atoms with van der Waals surface area (Å²) in [5, 5.41) is 0. The molecule has 0 N–H and O–H groups in total. The maximum absolute atomic E-state index is 13.2. The first-order chi connectivity index (χ1) is 21.1. The number of carbonyl (C=O) groups is 1. The first kappa shape index (κ1) is 37.0. The lowest BCUT2D eigenvalue weighted by Crippen LogP contribution is -2.13. The van der Waals surface area contributed by atoms with Gasteiger partial charge in [0.2, 0.25) is 0 Å². The van der Waals surface area contributed by atoms with Crippen LogP contribution in [0.5, 0.6) is 0 Å². The van der Waals surface area contributed by atoms with Crippen molar-refractivity contribution in [3.63, 3.8) is 0 Å². The number of aryl methyl sites for hydroxylation is 2. The number of ketones is 1. The first-order valence-electron chi connectivity index (χ1n) is 16.2. The molecule has 0 aromatic heterocycles. The molecule has 0 radical (unpaired) electrons. The van der Waals surface area contributed by atoms with Crippen molar-refractivity contribution in [1.29, 1.82) is 0 Å². The summed E-state index contributed by atoms with van der Waals surface area (Å²) in [6.07, 6.45) is 13.7. The molecule has 6 heteroatoms. The molecule has 0 heterocycles. The predicted octanol–water partition coefficient (Wildman–Crippen LogP) is 11.5. The van der Waals surface area contributed by atoms with Gasteiger partial charge in [-0.3, -0.25) is 4.79 Å². The van der Waals surface area contributed by atoms with Crippen LogP contribution in [0.1, 0.15) is 109 Å². The van der Waals surface area contributed by atoms with Crippen LogP contribution in [0.15, 0.2) is 84.2 Å². The van der Waals surface area contributed by atoms with Crippen molar-refractivity contribution in [2.75, 3.05) is 0 Å². The third-order valence-corrected chi connectivity index (χ3v) is 7.94. The van der Waals surface area contributed by atoms with Crippen molar-refractivity contribution in [2.24, 2.45) is 5.92 Å². The molecule has 2 atom stereocenters. The molecule has 0 fully saturated rings. The van der Waals surface area contributed by atoms with E-state index in [1.807, 2.05) is 50.3 Å². The third-order valence-electron chi connectivity index (χ3n) is 7.94. The number of hydrogen-bond donors (Lipinski definition) is 0. The highest BCUT2D eigenvalue weighted by molar-refractivity contribution is 5.98. The van der Waals surface area contributed by atoms with E-state index in [4.69, 9.17) is 4.74 Å². The summed E-state index contributed by atoms with van der Waals surface area (Å²) >= 11 is 0. The zero-order valence-corrected chi connectivity index (χ0v) is 26.9. The fraction of sp³-hybridized carbons (Fsp3) is 0.500. The number of halogens is 4. The number of rotatable bonds is 20. The molecule has 0 aliphatic carbocycles. The quantitative estimate of drug-likeness (QED) is 0.0488. The van der Waals surface area contributed by atoms with Gasteiger partial charge in [-0.2, -0.15) is 13.2 Å². The highest BCUT2D eigenvalue weighted by Crippen LogP contribution is 2.29. The Bertz CT molecular complexity index is 1190. The van der Waals surface area contributed by atoms with Crippen molar-refractivity contribution in [3.05, 3.63) is 107 Å². The molecule has 2 aromatic carbocycles. The molecule has 2 rings (SSSR count). The highest BCUT2D eigenvalue weighted by atomic mass is 19.4. The zero-order chi connectivity index (χ0) is 32.4. The van der Waals surface area contributed by atoms with Crippen molar-refractivity contribution in [3.8, 4) is 0 Å². The average Bonchev–Trinajstić information content (AvgIpc) is 2.99. The normalized spacial score (nSPS) is 14.2. The predicted molar refractivity (Wildman–Crippen MR) is 173 cm³/mol. The maximum atomic E-state index is 13.2. The second-order valence-electron chi connectivity index (χ2n) is 11.5. The number of carbonyl (C=O) groups excluding carboxylic acids is 1. The Labute approximate surface area is 262 Å². The van der Waals surface area contributed by atoms with Crippen LogP contribution < -0.4 is 0 Å². The van der Waals surface area contributed by atoms with Gasteiger partial charge in [-0.25, -0.2) is 4.39 Å². The number of unbranched alkanes of at least 4 members (excludes halogenated alkanes) is 1. The third kappa shape index (κ3) is 14.1. The van der Waals surface area contributed by atoms with Crippen LogP contribution in [-0.4, -0.2) is 11.9 Å². The van der Waals surface area contributed by atoms with Gasteiger partial charge in [-0.1, -0.05) is 76.3 Å². The SMILES string of the molecule is C/C=C(/C=C\C(=C/C)C(=O)CC(CCC)CCCCc1ccc(F)cc1)OC(CCC)CCCc1ccc(C(F)(F)F)cc1. The number of alkyl halides is 3. The molecule has 242 valence electrons. The minimum Gasteiger partial charge on any atom is -0.491 e. The number of Topliss-reactive ketones (excluding diaryl/α,β-unsaturated/α-hetero) is 1. The summed E-state index contributed by atoms with van der Waals surface area (Å²) in [7, 11) is 0. The van der Waals surface area contributed by atoms with E-state index in [-0.39, 0.29) is 17.7 Å². The summed E-state index contributed by atoms with van der Waals surface area (Å²) in [6, 6.07) is 12.0. The van der Waals surface area contributed by atoms with Crippen molar-refractivity contribution >= 4 is 5.78 Å². The van der Waals surface area contributed by atoms with E-state index in [9.17, 15) is 22.4 Å². The smallest absolute Gasteiger partial charge is 0.416 e. The largest absolute Gasteiger partial charge is 0.491 e. The summed E-state index contributed by atoms with van der Waals surface area (Å²) in [4.78, 5) is 13.2. The molecule has 44 heavy (non-hydrogen) atoms. The summed E-state index contributed by atoms with van der Waals surface area (Å²) < 4.78 is 58.0. The van der Waals surface area contributed by atoms with Gasteiger partial charge in [0.1, 0.15) is 11.6 Å². The number of benzene rings is 2. The summed E-state index contributed by atoms with van der Waals surface area (Å²) in [5.74, 6) is 0.960. The Morgan fingerprint density at radius 1 is 0.773 bits per heavy atom. The fourth-order valence-electron chi connectivity index (χ4n) is 5.45. The van der Waals surface area contributed by atoms with E-state index in [2.05, 4.69) is 13.8 Å². The average molecular weight is 615 g/mol. The molecule has 2 nitrogen and oxygen atoms in total. The molecule has 2 aromatic rings. The van der Waals surface area contributed by atoms with Gasteiger partial charge in [0, 0.05) is 12.0 Å². The van der Waals surface area contributed by atoms with Crippen LogP contribution in [-0.2, 0) is 28.5 Å². The highest BCUT2D eigenvalue weighted by Gasteiger charge is 2.29. The van der Waals surface area contributed by atoms with Crippen LogP contribution in [0.4, 0.5) is 17.6 Å². The van der Waals surface area contributed by atoms with Crippen molar-refractivity contribution in [2.45, 2.75) is 117 Å².